The Bertz CT molecular complexity index is 372. The van der Waals surface area contributed by atoms with Crippen LogP contribution >= 0.6 is 0 Å². The zero-order valence-corrected chi connectivity index (χ0v) is 12.9. The number of carbonyl (C=O) groups is 2. The van der Waals surface area contributed by atoms with Gasteiger partial charge < -0.3 is 10.0 Å². The first-order valence-electron chi connectivity index (χ1n) is 7.75. The molecule has 0 radical (unpaired) electrons. The van der Waals surface area contributed by atoms with Crippen molar-refractivity contribution in [1.82, 2.24) is 20.2 Å². The number of carboxylic acid groups (broad SMARTS) is 1. The van der Waals surface area contributed by atoms with Crippen molar-refractivity contribution < 1.29 is 14.7 Å². The van der Waals surface area contributed by atoms with Crippen LogP contribution in [0, 0.1) is 0 Å². The molecule has 7 nitrogen and oxygen atoms in total. The van der Waals surface area contributed by atoms with Crippen molar-refractivity contribution >= 4 is 12.0 Å². The fourth-order valence-electron chi connectivity index (χ4n) is 3.12. The van der Waals surface area contributed by atoms with Gasteiger partial charge in [-0.2, -0.15) is 0 Å². The third kappa shape index (κ3) is 4.31. The summed E-state index contributed by atoms with van der Waals surface area (Å²) in [6.07, 6.45) is 3.43. The maximum absolute atomic E-state index is 12.3. The van der Waals surface area contributed by atoms with Crippen molar-refractivity contribution in [2.24, 2.45) is 0 Å². The van der Waals surface area contributed by atoms with Crippen LogP contribution in [-0.2, 0) is 4.79 Å². The van der Waals surface area contributed by atoms with E-state index in [1.165, 1.54) is 6.42 Å². The van der Waals surface area contributed by atoms with Gasteiger partial charge in [0.15, 0.2) is 0 Å². The van der Waals surface area contributed by atoms with Crippen molar-refractivity contribution in [2.75, 3.05) is 32.7 Å². The van der Waals surface area contributed by atoms with Crippen LogP contribution < -0.4 is 5.43 Å². The minimum Gasteiger partial charge on any atom is -0.480 e. The summed E-state index contributed by atoms with van der Waals surface area (Å²) in [4.78, 5) is 26.6. The first kappa shape index (κ1) is 16.0. The van der Waals surface area contributed by atoms with Crippen LogP contribution in [0.4, 0.5) is 4.79 Å². The van der Waals surface area contributed by atoms with E-state index >= 15 is 0 Å². The molecular formula is C14H26N4O3. The molecule has 2 aliphatic heterocycles. The monoisotopic (exact) mass is 298 g/mol. The van der Waals surface area contributed by atoms with Crippen LogP contribution in [0.25, 0.3) is 0 Å². The van der Waals surface area contributed by atoms with Gasteiger partial charge in [0.05, 0.1) is 6.54 Å². The molecule has 0 bridgehead atoms. The molecule has 0 aromatic carbocycles. The molecule has 2 aliphatic rings. The van der Waals surface area contributed by atoms with E-state index in [-0.39, 0.29) is 12.6 Å². The third-order valence-corrected chi connectivity index (χ3v) is 4.44. The smallest absolute Gasteiger partial charge is 0.332 e. The highest BCUT2D eigenvalue weighted by Crippen LogP contribution is 2.20. The van der Waals surface area contributed by atoms with E-state index in [9.17, 15) is 9.59 Å². The second-order valence-corrected chi connectivity index (χ2v) is 6.11. The highest BCUT2D eigenvalue weighted by molar-refractivity contribution is 5.74. The van der Waals surface area contributed by atoms with Crippen LogP contribution in [0.15, 0.2) is 0 Å². The van der Waals surface area contributed by atoms with Crippen LogP contribution in [0.1, 0.15) is 33.1 Å². The number of hydrogen-bond donors (Lipinski definition) is 2. The van der Waals surface area contributed by atoms with Crippen LogP contribution in [-0.4, -0.2) is 76.7 Å². The molecule has 21 heavy (non-hydrogen) atoms. The Kier molecular flexibility index (Phi) is 5.41. The second kappa shape index (κ2) is 7.09. The summed E-state index contributed by atoms with van der Waals surface area (Å²) in [6.45, 7) is 6.72. The van der Waals surface area contributed by atoms with Gasteiger partial charge in [-0.1, -0.05) is 6.42 Å². The lowest BCUT2D eigenvalue weighted by atomic mass is 10.00. The SMILES string of the molecule is CC1CCCC(C)N1NC(=O)N1CCN(CC(=O)O)CC1. The lowest BCUT2D eigenvalue weighted by Crippen LogP contribution is -2.60. The molecule has 0 spiro atoms. The number of carbonyl (C=O) groups excluding carboxylic acids is 1. The van der Waals surface area contributed by atoms with Gasteiger partial charge in [0.25, 0.3) is 0 Å². The summed E-state index contributed by atoms with van der Waals surface area (Å²) in [5, 5.41) is 10.8. The van der Waals surface area contributed by atoms with E-state index in [0.717, 1.165) is 12.8 Å². The fraction of sp³-hybridized carbons (Fsp3) is 0.857. The molecule has 7 heteroatoms. The summed E-state index contributed by atoms with van der Waals surface area (Å²) < 4.78 is 0. The molecule has 0 aromatic heterocycles. The maximum atomic E-state index is 12.3. The van der Waals surface area contributed by atoms with Gasteiger partial charge in [-0.3, -0.25) is 15.1 Å². The number of nitrogens with zero attached hydrogens (tertiary/aromatic N) is 3. The Hall–Kier alpha value is -1.34. The molecule has 0 aliphatic carbocycles. The second-order valence-electron chi connectivity index (χ2n) is 6.11. The average Bonchev–Trinajstić information content (AvgIpc) is 2.43. The molecule has 0 saturated carbocycles. The number of aliphatic carboxylic acids is 1. The van der Waals surface area contributed by atoms with Gasteiger partial charge >= 0.3 is 12.0 Å². The molecule has 2 heterocycles. The number of piperazine rings is 1. The van der Waals surface area contributed by atoms with Gasteiger partial charge in [-0.25, -0.2) is 9.80 Å². The predicted molar refractivity (Wildman–Crippen MR) is 78.8 cm³/mol. The molecule has 2 fully saturated rings. The Morgan fingerprint density at radius 3 is 2.19 bits per heavy atom. The summed E-state index contributed by atoms with van der Waals surface area (Å²) in [5.41, 5.74) is 3.03. The Balaban J connectivity index is 1.80. The van der Waals surface area contributed by atoms with Crippen LogP contribution in [0.5, 0.6) is 0 Å². The molecule has 120 valence electrons. The van der Waals surface area contributed by atoms with E-state index in [1.807, 2.05) is 4.90 Å². The van der Waals surface area contributed by atoms with Crippen LogP contribution in [0.3, 0.4) is 0 Å². The van der Waals surface area contributed by atoms with Gasteiger partial charge in [-0.15, -0.1) is 0 Å². The number of carboxylic acids is 1. The van der Waals surface area contributed by atoms with Crippen molar-refractivity contribution in [3.05, 3.63) is 0 Å². The Morgan fingerprint density at radius 1 is 1.10 bits per heavy atom. The van der Waals surface area contributed by atoms with Crippen molar-refractivity contribution in [2.45, 2.75) is 45.2 Å². The average molecular weight is 298 g/mol. The molecule has 2 amide bonds. The quantitative estimate of drug-likeness (QED) is 0.797. The van der Waals surface area contributed by atoms with Crippen molar-refractivity contribution in [1.29, 1.82) is 0 Å². The number of nitrogens with one attached hydrogen (secondary N) is 1. The predicted octanol–water partition coefficient (Wildman–Crippen LogP) is 0.576. The number of amides is 2. The summed E-state index contributed by atoms with van der Waals surface area (Å²) in [6, 6.07) is 0.669. The zero-order chi connectivity index (χ0) is 15.4. The van der Waals surface area contributed by atoms with Gasteiger partial charge in [0.1, 0.15) is 0 Å². The van der Waals surface area contributed by atoms with Gasteiger partial charge in [0, 0.05) is 38.3 Å². The van der Waals surface area contributed by atoms with Crippen molar-refractivity contribution in [3.63, 3.8) is 0 Å². The minimum atomic E-state index is -0.816. The third-order valence-electron chi connectivity index (χ3n) is 4.44. The molecule has 2 rings (SSSR count). The summed E-state index contributed by atoms with van der Waals surface area (Å²) in [7, 11) is 0. The van der Waals surface area contributed by atoms with E-state index in [4.69, 9.17) is 5.11 Å². The van der Waals surface area contributed by atoms with E-state index in [1.54, 1.807) is 4.90 Å². The molecule has 2 unspecified atom stereocenters. The van der Waals surface area contributed by atoms with Gasteiger partial charge in [-0.05, 0) is 26.7 Å². The maximum Gasteiger partial charge on any atom is 0.332 e. The van der Waals surface area contributed by atoms with Gasteiger partial charge in [0.2, 0.25) is 0 Å². The Morgan fingerprint density at radius 2 is 1.67 bits per heavy atom. The lowest BCUT2D eigenvalue weighted by Gasteiger charge is -2.41. The normalized spacial score (nSPS) is 28.4. The lowest BCUT2D eigenvalue weighted by molar-refractivity contribution is -0.138. The number of urea groups is 1. The first-order valence-corrected chi connectivity index (χ1v) is 7.75. The molecular weight excluding hydrogens is 272 g/mol. The fourth-order valence-corrected chi connectivity index (χ4v) is 3.12. The summed E-state index contributed by atoms with van der Waals surface area (Å²) >= 11 is 0. The van der Waals surface area contributed by atoms with Crippen LogP contribution in [0.2, 0.25) is 0 Å². The van der Waals surface area contributed by atoms with E-state index < -0.39 is 5.97 Å². The molecule has 2 atom stereocenters. The number of hydrazine groups is 1. The molecule has 2 N–H and O–H groups in total. The number of hydrogen-bond acceptors (Lipinski definition) is 4. The highest BCUT2D eigenvalue weighted by atomic mass is 16.4. The zero-order valence-electron chi connectivity index (χ0n) is 12.9. The van der Waals surface area contributed by atoms with Crippen molar-refractivity contribution in [3.8, 4) is 0 Å². The topological polar surface area (TPSA) is 76.1 Å². The summed E-state index contributed by atoms with van der Waals surface area (Å²) in [5.74, 6) is -0.816. The first-order chi connectivity index (χ1) is 9.97. The van der Waals surface area contributed by atoms with E-state index in [2.05, 4.69) is 24.3 Å². The van der Waals surface area contributed by atoms with E-state index in [0.29, 0.717) is 38.3 Å². The standard InChI is InChI=1S/C14H26N4O3/c1-11-4-3-5-12(2)18(11)15-14(21)17-8-6-16(7-9-17)10-13(19)20/h11-12H,3-10H2,1-2H3,(H,15,21)(H,19,20). The number of rotatable bonds is 3. The Labute approximate surface area is 125 Å². The highest BCUT2D eigenvalue weighted by Gasteiger charge is 2.29. The molecule has 2 saturated heterocycles. The largest absolute Gasteiger partial charge is 0.480 e. The molecule has 0 aromatic rings. The minimum absolute atomic E-state index is 0.0512. The number of piperidine rings is 1.